The van der Waals surface area contributed by atoms with Crippen LogP contribution in [0.1, 0.15) is 36.8 Å². The molecule has 3 rings (SSSR count). The first kappa shape index (κ1) is 20.0. The molecule has 0 aromatic heterocycles. The molecule has 0 heterocycles. The van der Waals surface area contributed by atoms with Crippen molar-refractivity contribution in [3.05, 3.63) is 53.6 Å². The highest BCUT2D eigenvalue weighted by molar-refractivity contribution is 5.99. The number of methoxy groups -OCH3 is 2. The van der Waals surface area contributed by atoms with Crippen LogP contribution < -0.4 is 14.8 Å². The molecule has 4 nitrogen and oxygen atoms in total. The van der Waals surface area contributed by atoms with Gasteiger partial charge in [-0.2, -0.15) is 13.2 Å². The first-order valence-electron chi connectivity index (χ1n) is 9.01. The number of hydrogen-bond acceptors (Lipinski definition) is 3. The van der Waals surface area contributed by atoms with E-state index < -0.39 is 17.2 Å². The molecule has 1 aliphatic carbocycles. The lowest BCUT2D eigenvalue weighted by Crippen LogP contribution is -2.38. The van der Waals surface area contributed by atoms with Crippen molar-refractivity contribution in [1.29, 1.82) is 0 Å². The molecule has 0 radical (unpaired) electrons. The van der Waals surface area contributed by atoms with Crippen molar-refractivity contribution >= 4 is 11.6 Å². The summed E-state index contributed by atoms with van der Waals surface area (Å²) >= 11 is 0. The molecule has 7 heteroatoms. The van der Waals surface area contributed by atoms with Gasteiger partial charge in [-0.15, -0.1) is 0 Å². The van der Waals surface area contributed by atoms with E-state index in [4.69, 9.17) is 9.47 Å². The zero-order valence-electron chi connectivity index (χ0n) is 15.7. The zero-order chi connectivity index (χ0) is 20.4. The second kappa shape index (κ2) is 7.73. The minimum atomic E-state index is -4.45. The summed E-state index contributed by atoms with van der Waals surface area (Å²) in [6.07, 6.45) is -1.86. The van der Waals surface area contributed by atoms with E-state index in [0.29, 0.717) is 35.6 Å². The van der Waals surface area contributed by atoms with Gasteiger partial charge in [0.25, 0.3) is 0 Å². The topological polar surface area (TPSA) is 47.6 Å². The third-order valence-corrected chi connectivity index (χ3v) is 5.28. The molecule has 0 spiro atoms. The number of amides is 1. The Bertz CT molecular complexity index is 858. The largest absolute Gasteiger partial charge is 0.493 e. The van der Waals surface area contributed by atoms with Crippen molar-refractivity contribution in [1.82, 2.24) is 0 Å². The molecule has 0 saturated heterocycles. The molecule has 28 heavy (non-hydrogen) atoms. The Hall–Kier alpha value is -2.70. The highest BCUT2D eigenvalue weighted by Gasteiger charge is 2.44. The van der Waals surface area contributed by atoms with Gasteiger partial charge in [0.05, 0.1) is 25.2 Å². The Labute approximate surface area is 161 Å². The Kier molecular flexibility index (Phi) is 5.54. The summed E-state index contributed by atoms with van der Waals surface area (Å²) in [6.45, 7) is 0. The van der Waals surface area contributed by atoms with Crippen LogP contribution in [0.2, 0.25) is 0 Å². The summed E-state index contributed by atoms with van der Waals surface area (Å²) in [5, 5.41) is 2.85. The average Bonchev–Trinajstić information content (AvgIpc) is 3.18. The molecule has 2 aromatic rings. The zero-order valence-corrected chi connectivity index (χ0v) is 15.7. The average molecular weight is 393 g/mol. The molecule has 1 amide bonds. The highest BCUT2D eigenvalue weighted by atomic mass is 19.4. The third-order valence-electron chi connectivity index (χ3n) is 5.28. The van der Waals surface area contributed by atoms with Gasteiger partial charge in [-0.25, -0.2) is 0 Å². The van der Waals surface area contributed by atoms with E-state index in [9.17, 15) is 18.0 Å². The summed E-state index contributed by atoms with van der Waals surface area (Å²) in [5.41, 5.74) is -0.817. The molecular weight excluding hydrogens is 371 g/mol. The van der Waals surface area contributed by atoms with E-state index in [-0.39, 0.29) is 5.91 Å². The van der Waals surface area contributed by atoms with Gasteiger partial charge in [-0.1, -0.05) is 31.0 Å². The summed E-state index contributed by atoms with van der Waals surface area (Å²) < 4.78 is 49.9. The quantitative estimate of drug-likeness (QED) is 0.762. The number of hydrogen-bond donors (Lipinski definition) is 1. The highest BCUT2D eigenvalue weighted by Crippen LogP contribution is 2.44. The SMILES string of the molecule is COc1ccc(NC(=O)C2(c3cccc(C(F)(F)F)c3)CCCC2)cc1OC. The summed E-state index contributed by atoms with van der Waals surface area (Å²) in [5.74, 6) is 0.672. The smallest absolute Gasteiger partial charge is 0.416 e. The van der Waals surface area contributed by atoms with Crippen LogP contribution in [-0.2, 0) is 16.4 Å². The number of benzene rings is 2. The van der Waals surface area contributed by atoms with E-state index in [1.807, 2.05) is 0 Å². The van der Waals surface area contributed by atoms with Crippen molar-refractivity contribution in [2.24, 2.45) is 0 Å². The molecular formula is C21H22F3NO3. The minimum Gasteiger partial charge on any atom is -0.493 e. The molecule has 1 aliphatic rings. The molecule has 150 valence electrons. The number of nitrogens with one attached hydrogen (secondary N) is 1. The second-order valence-corrected chi connectivity index (χ2v) is 6.89. The molecule has 0 unspecified atom stereocenters. The van der Waals surface area contributed by atoms with E-state index in [1.165, 1.54) is 20.3 Å². The fourth-order valence-electron chi connectivity index (χ4n) is 3.78. The van der Waals surface area contributed by atoms with Crippen LogP contribution in [0.15, 0.2) is 42.5 Å². The van der Waals surface area contributed by atoms with Crippen LogP contribution in [0.25, 0.3) is 0 Å². The van der Waals surface area contributed by atoms with E-state index >= 15 is 0 Å². The monoisotopic (exact) mass is 393 g/mol. The number of anilines is 1. The van der Waals surface area contributed by atoms with Crippen molar-refractivity contribution in [2.45, 2.75) is 37.3 Å². The van der Waals surface area contributed by atoms with Crippen LogP contribution in [0.4, 0.5) is 18.9 Å². The Morgan fingerprint density at radius 1 is 1.00 bits per heavy atom. The van der Waals surface area contributed by atoms with E-state index in [2.05, 4.69) is 5.32 Å². The van der Waals surface area contributed by atoms with Crippen LogP contribution in [-0.4, -0.2) is 20.1 Å². The molecule has 1 fully saturated rings. The van der Waals surface area contributed by atoms with Gasteiger partial charge in [0.2, 0.25) is 5.91 Å². The van der Waals surface area contributed by atoms with Crippen LogP contribution in [0, 0.1) is 0 Å². The first-order chi connectivity index (χ1) is 13.3. The van der Waals surface area contributed by atoms with Crippen molar-refractivity contribution in [2.75, 3.05) is 19.5 Å². The number of carbonyl (C=O) groups excluding carboxylic acids is 1. The predicted molar refractivity (Wildman–Crippen MR) is 99.8 cm³/mol. The van der Waals surface area contributed by atoms with Crippen molar-refractivity contribution in [3.8, 4) is 11.5 Å². The fourth-order valence-corrected chi connectivity index (χ4v) is 3.78. The number of ether oxygens (including phenoxy) is 2. The third kappa shape index (κ3) is 3.79. The number of halogens is 3. The Balaban J connectivity index is 1.93. The molecule has 1 saturated carbocycles. The normalized spacial score (nSPS) is 15.9. The van der Waals surface area contributed by atoms with Gasteiger partial charge in [0, 0.05) is 11.8 Å². The maximum atomic E-state index is 13.2. The summed E-state index contributed by atoms with van der Waals surface area (Å²) in [6, 6.07) is 10.1. The standard InChI is InChI=1S/C21H22F3NO3/c1-27-17-9-8-16(13-18(17)28-2)25-19(26)20(10-3-4-11-20)14-6-5-7-15(12-14)21(22,23)24/h5-9,12-13H,3-4,10-11H2,1-2H3,(H,25,26). The number of carbonyl (C=O) groups is 1. The maximum Gasteiger partial charge on any atom is 0.416 e. The van der Waals surface area contributed by atoms with Crippen LogP contribution >= 0.6 is 0 Å². The first-order valence-corrected chi connectivity index (χ1v) is 9.01. The minimum absolute atomic E-state index is 0.309. The van der Waals surface area contributed by atoms with Gasteiger partial charge in [0.15, 0.2) is 11.5 Å². The van der Waals surface area contributed by atoms with Crippen molar-refractivity contribution < 1.29 is 27.4 Å². The number of alkyl halides is 3. The molecule has 0 bridgehead atoms. The van der Waals surface area contributed by atoms with Crippen LogP contribution in [0.3, 0.4) is 0 Å². The lowest BCUT2D eigenvalue weighted by molar-refractivity contribution is -0.137. The lowest BCUT2D eigenvalue weighted by atomic mass is 9.77. The van der Waals surface area contributed by atoms with Gasteiger partial charge in [0.1, 0.15) is 0 Å². The van der Waals surface area contributed by atoms with Gasteiger partial charge in [-0.3, -0.25) is 4.79 Å². The molecule has 2 aromatic carbocycles. The van der Waals surface area contributed by atoms with E-state index in [0.717, 1.165) is 25.0 Å². The van der Waals surface area contributed by atoms with Crippen LogP contribution in [0.5, 0.6) is 11.5 Å². The molecule has 0 aliphatic heterocycles. The summed E-state index contributed by atoms with van der Waals surface area (Å²) in [7, 11) is 3.00. The number of rotatable bonds is 5. The van der Waals surface area contributed by atoms with Gasteiger partial charge in [-0.05, 0) is 36.6 Å². The molecule has 1 N–H and O–H groups in total. The Morgan fingerprint density at radius 3 is 2.29 bits per heavy atom. The van der Waals surface area contributed by atoms with Crippen molar-refractivity contribution in [3.63, 3.8) is 0 Å². The molecule has 0 atom stereocenters. The van der Waals surface area contributed by atoms with E-state index in [1.54, 1.807) is 24.3 Å². The predicted octanol–water partition coefficient (Wildman–Crippen LogP) is 5.17. The maximum absolute atomic E-state index is 13.2. The summed E-state index contributed by atoms with van der Waals surface area (Å²) in [4.78, 5) is 13.2. The Morgan fingerprint density at radius 2 is 1.68 bits per heavy atom. The second-order valence-electron chi connectivity index (χ2n) is 6.89. The van der Waals surface area contributed by atoms with Gasteiger partial charge >= 0.3 is 6.18 Å². The fraction of sp³-hybridized carbons (Fsp3) is 0.381. The lowest BCUT2D eigenvalue weighted by Gasteiger charge is -2.29. The van der Waals surface area contributed by atoms with Gasteiger partial charge < -0.3 is 14.8 Å².